The van der Waals surface area contributed by atoms with E-state index >= 15 is 0 Å². The average Bonchev–Trinajstić information content (AvgIpc) is 2.29. The summed E-state index contributed by atoms with van der Waals surface area (Å²) in [6.07, 6.45) is -2.80. The first kappa shape index (κ1) is 14.9. The Morgan fingerprint density at radius 3 is 2.56 bits per heavy atom. The first-order valence-corrected chi connectivity index (χ1v) is 6.56. The zero-order valence-corrected chi connectivity index (χ0v) is 10.4. The van der Waals surface area contributed by atoms with Crippen LogP contribution in [0.5, 0.6) is 0 Å². The van der Waals surface area contributed by atoms with Crippen molar-refractivity contribution in [2.75, 3.05) is 13.6 Å². The maximum absolute atomic E-state index is 13.1. The predicted octanol–water partition coefficient (Wildman–Crippen LogP) is 1.09. The van der Waals surface area contributed by atoms with E-state index in [2.05, 4.69) is 5.32 Å². The number of halogens is 3. The minimum atomic E-state index is -4.14. The molecule has 0 aliphatic heterocycles. The van der Waals surface area contributed by atoms with Crippen molar-refractivity contribution in [2.24, 2.45) is 0 Å². The number of nitrogens with one attached hydrogen (secondary N) is 2. The third-order valence-electron chi connectivity index (χ3n) is 2.11. The number of alkyl halides is 2. The zero-order chi connectivity index (χ0) is 13.8. The van der Waals surface area contributed by atoms with Crippen LogP contribution in [0.25, 0.3) is 0 Å². The highest BCUT2D eigenvalue weighted by Gasteiger charge is 2.20. The Balaban J connectivity index is 3.09. The second kappa shape index (κ2) is 6.17. The van der Waals surface area contributed by atoms with Crippen LogP contribution in [-0.2, 0) is 16.6 Å². The molecular formula is C10H13F3N2O2S. The van der Waals surface area contributed by atoms with Gasteiger partial charge >= 0.3 is 0 Å². The molecule has 4 nitrogen and oxygen atoms in total. The SMILES string of the molecule is CNCc1ccc(F)cc1S(=O)(=O)NCC(F)F. The van der Waals surface area contributed by atoms with Crippen LogP contribution in [0.15, 0.2) is 23.1 Å². The molecule has 0 unspecified atom stereocenters. The van der Waals surface area contributed by atoms with Crippen LogP contribution in [0.1, 0.15) is 5.56 Å². The molecule has 0 atom stereocenters. The zero-order valence-electron chi connectivity index (χ0n) is 9.58. The van der Waals surface area contributed by atoms with Gasteiger partial charge in [-0.25, -0.2) is 26.3 Å². The summed E-state index contributed by atoms with van der Waals surface area (Å²) in [5.41, 5.74) is 0.306. The van der Waals surface area contributed by atoms with Gasteiger partial charge in [0.25, 0.3) is 6.43 Å². The van der Waals surface area contributed by atoms with E-state index in [-0.39, 0.29) is 11.4 Å². The molecule has 0 aromatic heterocycles. The summed E-state index contributed by atoms with van der Waals surface area (Å²) in [6.45, 7) is -0.816. The lowest BCUT2D eigenvalue weighted by molar-refractivity contribution is 0.153. The topological polar surface area (TPSA) is 58.2 Å². The van der Waals surface area contributed by atoms with Crippen LogP contribution in [0, 0.1) is 5.82 Å². The van der Waals surface area contributed by atoms with E-state index < -0.39 is 28.8 Å². The van der Waals surface area contributed by atoms with Crippen LogP contribution in [0.3, 0.4) is 0 Å². The molecule has 18 heavy (non-hydrogen) atoms. The molecular weight excluding hydrogens is 269 g/mol. The lowest BCUT2D eigenvalue weighted by atomic mass is 10.2. The molecule has 2 N–H and O–H groups in total. The van der Waals surface area contributed by atoms with Crippen molar-refractivity contribution in [1.29, 1.82) is 0 Å². The first-order chi connectivity index (χ1) is 8.36. The van der Waals surface area contributed by atoms with Crippen LogP contribution < -0.4 is 10.0 Å². The standard InChI is InChI=1S/C10H13F3N2O2S/c1-14-5-7-2-3-8(11)4-9(7)18(16,17)15-6-10(12)13/h2-4,10,14-15H,5-6H2,1H3. The van der Waals surface area contributed by atoms with E-state index in [0.717, 1.165) is 12.1 Å². The van der Waals surface area contributed by atoms with Gasteiger partial charge in [0.15, 0.2) is 0 Å². The van der Waals surface area contributed by atoms with Crippen molar-refractivity contribution in [3.63, 3.8) is 0 Å². The summed E-state index contributed by atoms with van der Waals surface area (Å²) in [7, 11) is -2.55. The highest BCUT2D eigenvalue weighted by molar-refractivity contribution is 7.89. The fourth-order valence-corrected chi connectivity index (χ4v) is 2.62. The summed E-state index contributed by atoms with van der Waals surface area (Å²) in [5.74, 6) is -0.743. The van der Waals surface area contributed by atoms with Gasteiger partial charge in [0.2, 0.25) is 10.0 Å². The second-order valence-electron chi connectivity index (χ2n) is 3.53. The van der Waals surface area contributed by atoms with E-state index in [4.69, 9.17) is 0 Å². The minimum absolute atomic E-state index is 0.186. The summed E-state index contributed by atoms with van der Waals surface area (Å²) in [5, 5.41) is 2.72. The van der Waals surface area contributed by atoms with Crippen molar-refractivity contribution < 1.29 is 21.6 Å². The third kappa shape index (κ3) is 3.97. The molecule has 1 aromatic carbocycles. The number of rotatable bonds is 6. The Kier molecular flexibility index (Phi) is 5.12. The van der Waals surface area contributed by atoms with Gasteiger partial charge in [0.1, 0.15) is 5.82 Å². The largest absolute Gasteiger partial charge is 0.316 e. The lowest BCUT2D eigenvalue weighted by Gasteiger charge is -2.11. The van der Waals surface area contributed by atoms with Gasteiger partial charge in [0, 0.05) is 6.54 Å². The van der Waals surface area contributed by atoms with Crippen LogP contribution >= 0.6 is 0 Å². The Morgan fingerprint density at radius 2 is 2.00 bits per heavy atom. The van der Waals surface area contributed by atoms with Gasteiger partial charge in [0.05, 0.1) is 11.4 Å². The van der Waals surface area contributed by atoms with E-state index in [1.165, 1.54) is 6.07 Å². The molecule has 0 bridgehead atoms. The molecule has 0 spiro atoms. The quantitative estimate of drug-likeness (QED) is 0.821. The maximum atomic E-state index is 13.1. The molecule has 8 heteroatoms. The van der Waals surface area contributed by atoms with Gasteiger partial charge in [-0.05, 0) is 24.7 Å². The predicted molar refractivity (Wildman–Crippen MR) is 60.4 cm³/mol. The normalized spacial score (nSPS) is 12.1. The number of sulfonamides is 1. The summed E-state index contributed by atoms with van der Waals surface area (Å²) in [6, 6.07) is 3.21. The van der Waals surface area contributed by atoms with Crippen molar-refractivity contribution in [3.8, 4) is 0 Å². The minimum Gasteiger partial charge on any atom is -0.316 e. The molecule has 0 aliphatic rings. The third-order valence-corrected chi connectivity index (χ3v) is 3.62. The molecule has 0 heterocycles. The van der Waals surface area contributed by atoms with Gasteiger partial charge in [-0.2, -0.15) is 0 Å². The Bertz CT molecular complexity index is 506. The fraction of sp³-hybridized carbons (Fsp3) is 0.400. The first-order valence-electron chi connectivity index (χ1n) is 5.07. The molecule has 1 aromatic rings. The molecule has 0 saturated heterocycles. The van der Waals surface area contributed by atoms with Gasteiger partial charge in [-0.3, -0.25) is 0 Å². The summed E-state index contributed by atoms with van der Waals surface area (Å²) in [4.78, 5) is -0.336. The van der Waals surface area contributed by atoms with E-state index in [1.54, 1.807) is 11.8 Å². The van der Waals surface area contributed by atoms with Crippen LogP contribution in [-0.4, -0.2) is 28.4 Å². The van der Waals surface area contributed by atoms with Crippen molar-refractivity contribution in [1.82, 2.24) is 10.0 Å². The molecule has 0 saturated carbocycles. The van der Waals surface area contributed by atoms with E-state index in [9.17, 15) is 21.6 Å². The number of hydrogen-bond acceptors (Lipinski definition) is 3. The van der Waals surface area contributed by atoms with Crippen molar-refractivity contribution in [2.45, 2.75) is 17.9 Å². The van der Waals surface area contributed by atoms with Crippen molar-refractivity contribution >= 4 is 10.0 Å². The van der Waals surface area contributed by atoms with Gasteiger partial charge in [-0.15, -0.1) is 0 Å². The maximum Gasteiger partial charge on any atom is 0.251 e. The Hall–Kier alpha value is -1.12. The molecule has 0 fully saturated rings. The Labute approximate surface area is 103 Å². The van der Waals surface area contributed by atoms with E-state index in [0.29, 0.717) is 5.56 Å². The smallest absolute Gasteiger partial charge is 0.251 e. The monoisotopic (exact) mass is 282 g/mol. The number of hydrogen-bond donors (Lipinski definition) is 2. The molecule has 102 valence electrons. The van der Waals surface area contributed by atoms with Crippen LogP contribution in [0.2, 0.25) is 0 Å². The molecule has 0 aliphatic carbocycles. The van der Waals surface area contributed by atoms with Crippen LogP contribution in [0.4, 0.5) is 13.2 Å². The van der Waals surface area contributed by atoms with Gasteiger partial charge in [-0.1, -0.05) is 6.07 Å². The summed E-state index contributed by atoms with van der Waals surface area (Å²) < 4.78 is 62.3. The highest BCUT2D eigenvalue weighted by atomic mass is 32.2. The molecule has 0 amide bonds. The van der Waals surface area contributed by atoms with E-state index in [1.807, 2.05) is 0 Å². The highest BCUT2D eigenvalue weighted by Crippen LogP contribution is 2.17. The second-order valence-corrected chi connectivity index (χ2v) is 5.26. The van der Waals surface area contributed by atoms with Gasteiger partial charge < -0.3 is 5.32 Å². The lowest BCUT2D eigenvalue weighted by Crippen LogP contribution is -2.30. The van der Waals surface area contributed by atoms with Crippen molar-refractivity contribution in [3.05, 3.63) is 29.6 Å². The average molecular weight is 282 g/mol. The Morgan fingerprint density at radius 1 is 1.33 bits per heavy atom. The molecule has 0 radical (unpaired) electrons. The fourth-order valence-electron chi connectivity index (χ4n) is 1.37. The molecule has 1 rings (SSSR count). The number of benzene rings is 1. The summed E-state index contributed by atoms with van der Waals surface area (Å²) >= 11 is 0.